The van der Waals surface area contributed by atoms with Crippen LogP contribution in [0.15, 0.2) is 0 Å². The average Bonchev–Trinajstić information content (AvgIpc) is 1.95. The molecule has 0 radical (unpaired) electrons. The molecule has 0 rings (SSSR count). The van der Waals surface area contributed by atoms with Gasteiger partial charge in [0.25, 0.3) is 8.53 Å². The van der Waals surface area contributed by atoms with Crippen LogP contribution in [0.2, 0.25) is 0 Å². The Hall–Kier alpha value is 0.230. The van der Waals surface area contributed by atoms with Crippen molar-refractivity contribution in [1.82, 2.24) is 10.2 Å². The molecule has 0 unspecified atom stereocenters. The molecule has 80 valence electrons. The van der Waals surface area contributed by atoms with Crippen LogP contribution in [0.4, 0.5) is 0 Å². The first-order valence-corrected chi connectivity index (χ1v) is 5.51. The first-order chi connectivity index (χ1) is 5.95. The van der Waals surface area contributed by atoms with Crippen molar-refractivity contribution >= 4 is 8.53 Å². The topological polar surface area (TPSA) is 65.0 Å². The number of nitrogens with one attached hydrogen (secondary N) is 1. The second-order valence-electron chi connectivity index (χ2n) is 3.36. The fourth-order valence-corrected chi connectivity index (χ4v) is 1.23. The quantitative estimate of drug-likeness (QED) is 0.344. The summed E-state index contributed by atoms with van der Waals surface area (Å²) in [6, 6.07) is 0.732. The maximum Gasteiger partial charge on any atom is 0.275 e. The molecule has 0 spiro atoms. The predicted octanol–water partition coefficient (Wildman–Crippen LogP) is 0.795. The number of hydrogen-bond donors (Lipinski definition) is 3. The number of rotatable bonds is 6. The number of nitrogens with zero attached hydrogens (tertiary/aromatic N) is 1. The first-order valence-electron chi connectivity index (χ1n) is 4.26. The van der Waals surface area contributed by atoms with Gasteiger partial charge in [0, 0.05) is 12.1 Å². The zero-order valence-corrected chi connectivity index (χ0v) is 9.45. The maximum atomic E-state index is 8.51. The smallest absolute Gasteiger partial charge is 0.275 e. The summed E-state index contributed by atoms with van der Waals surface area (Å²) in [5, 5.41) is 2.12. The minimum absolute atomic E-state index is 0.343. The van der Waals surface area contributed by atoms with Crippen LogP contribution >= 0.6 is 8.53 Å². The summed E-state index contributed by atoms with van der Waals surface area (Å²) in [4.78, 5) is 24.0. The molecule has 13 heavy (non-hydrogen) atoms. The summed E-state index contributed by atoms with van der Waals surface area (Å²) in [6.45, 7) is 8.58. The van der Waals surface area contributed by atoms with Crippen LogP contribution in [0.1, 0.15) is 27.7 Å². The molecule has 5 nitrogen and oxygen atoms in total. The van der Waals surface area contributed by atoms with Gasteiger partial charge >= 0.3 is 0 Å². The van der Waals surface area contributed by atoms with Gasteiger partial charge in [0.05, 0.1) is 0 Å². The van der Waals surface area contributed by atoms with Crippen molar-refractivity contribution < 1.29 is 14.6 Å². The number of hydrogen-bond acceptors (Lipinski definition) is 5. The Morgan fingerprint density at radius 1 is 1.23 bits per heavy atom. The summed E-state index contributed by atoms with van der Waals surface area (Å²) in [6.07, 6.45) is 0. The highest BCUT2D eigenvalue weighted by atomic mass is 31.2. The molecule has 6 heteroatoms. The highest BCUT2D eigenvalue weighted by Crippen LogP contribution is 2.15. The molecule has 0 saturated heterocycles. The third kappa shape index (κ3) is 6.32. The van der Waals surface area contributed by atoms with Gasteiger partial charge in [-0.1, -0.05) is 0 Å². The Bertz CT molecular complexity index is 125. The Kier molecular flexibility index (Phi) is 6.77. The highest BCUT2D eigenvalue weighted by Gasteiger charge is 2.13. The van der Waals surface area contributed by atoms with Crippen LogP contribution in [-0.2, 0) is 4.84 Å². The lowest BCUT2D eigenvalue weighted by molar-refractivity contribution is -0.0325. The highest BCUT2D eigenvalue weighted by molar-refractivity contribution is 7.42. The van der Waals surface area contributed by atoms with Gasteiger partial charge in [0.15, 0.2) is 0 Å². The Morgan fingerprint density at radius 3 is 2.00 bits per heavy atom. The predicted molar refractivity (Wildman–Crippen MR) is 52.6 cm³/mol. The van der Waals surface area contributed by atoms with Gasteiger partial charge in [0.1, 0.15) is 6.73 Å². The maximum absolute atomic E-state index is 8.51. The summed E-state index contributed by atoms with van der Waals surface area (Å²) >= 11 is 0. The first kappa shape index (κ1) is 13.2. The zero-order chi connectivity index (χ0) is 10.4. The second-order valence-corrected chi connectivity index (χ2v) is 4.12. The van der Waals surface area contributed by atoms with Crippen molar-refractivity contribution in [2.45, 2.75) is 39.8 Å². The second kappa shape index (κ2) is 6.65. The molecule has 0 bridgehead atoms. The molecule has 0 aromatic carbocycles. The van der Waals surface area contributed by atoms with Gasteiger partial charge < -0.3 is 9.79 Å². The molecule has 0 aliphatic heterocycles. The molecular formula is C7H19N2O3P. The third-order valence-corrected chi connectivity index (χ3v) is 1.98. The van der Waals surface area contributed by atoms with Crippen molar-refractivity contribution in [3.05, 3.63) is 0 Å². The van der Waals surface area contributed by atoms with E-state index in [0.717, 1.165) is 0 Å². The molecule has 0 aromatic heterocycles. The standard InChI is InChI=1S/C7H19N2O3P/c1-6(2)9(7(3)4)5-12-8-13(10)11/h6-8,10-11H,5H2,1-4H3. The van der Waals surface area contributed by atoms with Crippen molar-refractivity contribution in [3.63, 3.8) is 0 Å². The summed E-state index contributed by atoms with van der Waals surface area (Å²) < 4.78 is 0. The van der Waals surface area contributed by atoms with E-state index in [1.54, 1.807) is 0 Å². The van der Waals surface area contributed by atoms with E-state index >= 15 is 0 Å². The average molecular weight is 210 g/mol. The van der Waals surface area contributed by atoms with E-state index in [1.165, 1.54) is 0 Å². The van der Waals surface area contributed by atoms with Gasteiger partial charge in [-0.15, -0.1) is 5.25 Å². The molecule has 0 heterocycles. The summed E-state index contributed by atoms with van der Waals surface area (Å²) in [5.74, 6) is 0. The Balaban J connectivity index is 3.70. The van der Waals surface area contributed by atoms with Gasteiger partial charge in [0.2, 0.25) is 0 Å². The van der Waals surface area contributed by atoms with Crippen LogP contribution in [0, 0.1) is 0 Å². The van der Waals surface area contributed by atoms with Crippen LogP contribution in [-0.4, -0.2) is 33.5 Å². The molecule has 0 aliphatic carbocycles. The Morgan fingerprint density at radius 2 is 1.69 bits per heavy atom. The third-order valence-electron chi connectivity index (χ3n) is 1.69. The van der Waals surface area contributed by atoms with Gasteiger partial charge in [-0.25, -0.2) is 0 Å². The fourth-order valence-electron chi connectivity index (χ4n) is 1.06. The van der Waals surface area contributed by atoms with E-state index in [4.69, 9.17) is 14.6 Å². The van der Waals surface area contributed by atoms with Crippen LogP contribution in [0.5, 0.6) is 0 Å². The molecule has 0 saturated carbocycles. The van der Waals surface area contributed by atoms with E-state index in [2.05, 4.69) is 37.8 Å². The van der Waals surface area contributed by atoms with Crippen molar-refractivity contribution in [1.29, 1.82) is 0 Å². The van der Waals surface area contributed by atoms with Crippen molar-refractivity contribution in [3.8, 4) is 0 Å². The summed E-state index contributed by atoms with van der Waals surface area (Å²) in [5.41, 5.74) is 0. The molecule has 0 atom stereocenters. The molecule has 0 fully saturated rings. The Labute approximate surface area is 80.6 Å². The van der Waals surface area contributed by atoms with Gasteiger partial charge in [-0.2, -0.15) is 0 Å². The van der Waals surface area contributed by atoms with Gasteiger partial charge in [-0.3, -0.25) is 9.74 Å². The minimum Gasteiger partial charge on any atom is -0.337 e. The van der Waals surface area contributed by atoms with E-state index in [0.29, 0.717) is 18.8 Å². The zero-order valence-electron chi connectivity index (χ0n) is 8.56. The van der Waals surface area contributed by atoms with E-state index in [1.807, 2.05) is 0 Å². The monoisotopic (exact) mass is 210 g/mol. The van der Waals surface area contributed by atoms with E-state index < -0.39 is 8.53 Å². The fraction of sp³-hybridized carbons (Fsp3) is 1.00. The molecule has 0 aliphatic rings. The van der Waals surface area contributed by atoms with Crippen molar-refractivity contribution in [2.75, 3.05) is 6.73 Å². The van der Waals surface area contributed by atoms with Crippen LogP contribution in [0.25, 0.3) is 0 Å². The molecule has 3 N–H and O–H groups in total. The lowest BCUT2D eigenvalue weighted by atomic mass is 10.2. The summed E-state index contributed by atoms with van der Waals surface area (Å²) in [7, 11) is -2.17. The van der Waals surface area contributed by atoms with Crippen LogP contribution < -0.4 is 5.25 Å². The molecule has 0 aromatic rings. The minimum atomic E-state index is -2.17. The molecular weight excluding hydrogens is 191 g/mol. The van der Waals surface area contributed by atoms with E-state index in [-0.39, 0.29) is 0 Å². The van der Waals surface area contributed by atoms with E-state index in [9.17, 15) is 0 Å². The molecule has 0 amide bonds. The van der Waals surface area contributed by atoms with Crippen molar-refractivity contribution in [2.24, 2.45) is 0 Å². The van der Waals surface area contributed by atoms with Gasteiger partial charge in [-0.05, 0) is 27.7 Å². The normalized spacial score (nSPS) is 12.5. The SMILES string of the molecule is CC(C)N(CONP(O)O)C(C)C. The lowest BCUT2D eigenvalue weighted by Crippen LogP contribution is -2.39. The van der Waals surface area contributed by atoms with Crippen LogP contribution in [0.3, 0.4) is 0 Å². The lowest BCUT2D eigenvalue weighted by Gasteiger charge is -2.29. The largest absolute Gasteiger partial charge is 0.337 e.